The molecule has 318 valence electrons. The maximum atomic E-state index is 13.0. The Kier molecular flexibility index (Phi) is 20.6. The number of carbonyl (C=O) groups is 4. The van der Waals surface area contributed by atoms with Crippen LogP contribution in [0.25, 0.3) is 0 Å². The van der Waals surface area contributed by atoms with Crippen molar-refractivity contribution >= 4 is 68.8 Å². The lowest BCUT2D eigenvalue weighted by atomic mass is 10.0. The molecule has 1 heterocycles. The fourth-order valence-electron chi connectivity index (χ4n) is 4.81. The van der Waals surface area contributed by atoms with Gasteiger partial charge in [-0.05, 0) is 83.5 Å². The number of esters is 3. The number of amides is 1. The molecular weight excluding hydrogens is 836 g/mol. The predicted octanol–water partition coefficient (Wildman–Crippen LogP) is 9.54. The highest BCUT2D eigenvalue weighted by molar-refractivity contribution is 9.08. The van der Waals surface area contributed by atoms with Crippen molar-refractivity contribution in [3.8, 4) is 11.5 Å². The summed E-state index contributed by atoms with van der Waals surface area (Å²) >= 11 is 3.38. The van der Waals surface area contributed by atoms with Crippen molar-refractivity contribution in [2.45, 2.75) is 129 Å². The molecule has 0 aliphatic carbocycles. The maximum Gasteiger partial charge on any atom is 0.338 e. The number of ether oxygens (including phenoxy) is 3. The largest absolute Gasteiger partial charge is 0.543 e. The van der Waals surface area contributed by atoms with E-state index in [1.54, 1.807) is 11.0 Å². The minimum absolute atomic E-state index is 0. The van der Waals surface area contributed by atoms with Gasteiger partial charge in [0.15, 0.2) is 0 Å². The SMILES string of the molecule is COC(=O)[C@@H](N)C(C)C.COC(=O)[C@H](C(C)C)N1Cc2ccc(O[Si](C)(C)C(C)(C)C)cc2C1=O.COC(=O)c1cc(O[Si](C)(C)C(C)(C)C)ccc1CBr.Cl. The fourth-order valence-corrected chi connectivity index (χ4v) is 7.34. The predicted molar refractivity (Wildman–Crippen MR) is 235 cm³/mol. The minimum atomic E-state index is -1.98. The number of carbonyl (C=O) groups excluding carboxylic acids is 4. The van der Waals surface area contributed by atoms with Crippen LogP contribution in [0.2, 0.25) is 36.3 Å². The molecule has 15 heteroatoms. The van der Waals surface area contributed by atoms with Crippen molar-refractivity contribution in [1.29, 1.82) is 0 Å². The van der Waals surface area contributed by atoms with Gasteiger partial charge in [0, 0.05) is 17.4 Å². The van der Waals surface area contributed by atoms with Crippen molar-refractivity contribution in [1.82, 2.24) is 4.90 Å². The van der Waals surface area contributed by atoms with Gasteiger partial charge in [0.25, 0.3) is 5.91 Å². The first-order valence-corrected chi connectivity index (χ1v) is 25.5. The van der Waals surface area contributed by atoms with Gasteiger partial charge >= 0.3 is 17.9 Å². The Morgan fingerprint density at radius 1 is 0.768 bits per heavy atom. The molecular formula is C41H68BrClN2O9Si2. The van der Waals surface area contributed by atoms with E-state index in [1.165, 1.54) is 21.3 Å². The molecule has 2 aromatic rings. The fraction of sp³-hybridized carbons (Fsp3) is 0.610. The van der Waals surface area contributed by atoms with Crippen molar-refractivity contribution < 1.29 is 42.2 Å². The van der Waals surface area contributed by atoms with Gasteiger partial charge in [-0.3, -0.25) is 9.59 Å². The van der Waals surface area contributed by atoms with Gasteiger partial charge in [-0.1, -0.05) is 97.3 Å². The van der Waals surface area contributed by atoms with Crippen LogP contribution < -0.4 is 14.6 Å². The van der Waals surface area contributed by atoms with Crippen LogP contribution in [0, 0.1) is 11.8 Å². The highest BCUT2D eigenvalue weighted by atomic mass is 79.9. The normalized spacial score (nSPS) is 13.9. The number of rotatable bonds is 11. The lowest BCUT2D eigenvalue weighted by molar-refractivity contribution is -0.147. The number of fused-ring (bicyclic) bond motifs is 1. The summed E-state index contributed by atoms with van der Waals surface area (Å²) < 4.78 is 26.7. The third-order valence-electron chi connectivity index (χ3n) is 10.5. The molecule has 0 radical (unpaired) electrons. The van der Waals surface area contributed by atoms with E-state index in [0.717, 1.165) is 22.6 Å². The van der Waals surface area contributed by atoms with E-state index in [1.807, 2.05) is 58.0 Å². The number of hydrogen-bond acceptors (Lipinski definition) is 10. The van der Waals surface area contributed by atoms with E-state index < -0.39 is 28.7 Å². The molecule has 0 saturated heterocycles. The molecule has 2 atom stereocenters. The first-order chi connectivity index (χ1) is 25.1. The van der Waals surface area contributed by atoms with Crippen LogP contribution >= 0.6 is 28.3 Å². The number of methoxy groups -OCH3 is 3. The summed E-state index contributed by atoms with van der Waals surface area (Å²) in [4.78, 5) is 49.2. The number of nitrogens with two attached hydrogens (primary N) is 1. The highest BCUT2D eigenvalue weighted by Gasteiger charge is 2.42. The average Bonchev–Trinajstić information content (AvgIpc) is 3.40. The van der Waals surface area contributed by atoms with E-state index in [0.29, 0.717) is 23.0 Å². The van der Waals surface area contributed by atoms with Gasteiger partial charge in [-0.15, -0.1) is 12.4 Å². The van der Waals surface area contributed by atoms with Crippen LogP contribution in [0.1, 0.15) is 101 Å². The van der Waals surface area contributed by atoms with E-state index >= 15 is 0 Å². The first kappa shape index (κ1) is 53.1. The zero-order chi connectivity index (χ0) is 42.9. The molecule has 0 aromatic heterocycles. The van der Waals surface area contributed by atoms with Crippen molar-refractivity contribution in [3.63, 3.8) is 0 Å². The van der Waals surface area contributed by atoms with Gasteiger partial charge in [0.1, 0.15) is 23.6 Å². The molecule has 0 bridgehead atoms. The highest BCUT2D eigenvalue weighted by Crippen LogP contribution is 2.39. The summed E-state index contributed by atoms with van der Waals surface area (Å²) in [6.07, 6.45) is 0. The number of halogens is 2. The van der Waals surface area contributed by atoms with Crippen LogP contribution in [-0.4, -0.2) is 78.8 Å². The molecule has 2 aromatic carbocycles. The van der Waals surface area contributed by atoms with E-state index in [2.05, 4.69) is 88.4 Å². The zero-order valence-corrected chi connectivity index (χ0v) is 41.1. The number of benzene rings is 2. The smallest absolute Gasteiger partial charge is 0.338 e. The Labute approximate surface area is 352 Å². The molecule has 0 saturated carbocycles. The summed E-state index contributed by atoms with van der Waals surface area (Å²) in [5.74, 6) is 0.404. The molecule has 0 spiro atoms. The molecule has 0 unspecified atom stereocenters. The summed E-state index contributed by atoms with van der Waals surface area (Å²) in [7, 11) is 0.201. The molecule has 0 fully saturated rings. The number of hydrogen-bond donors (Lipinski definition) is 1. The minimum Gasteiger partial charge on any atom is -0.543 e. The second kappa shape index (κ2) is 21.7. The first-order valence-electron chi connectivity index (χ1n) is 18.6. The lowest BCUT2D eigenvalue weighted by Crippen LogP contribution is -2.45. The van der Waals surface area contributed by atoms with Crippen LogP contribution in [-0.2, 0) is 35.7 Å². The third kappa shape index (κ3) is 14.2. The van der Waals surface area contributed by atoms with Crippen molar-refractivity contribution in [3.05, 3.63) is 58.7 Å². The van der Waals surface area contributed by atoms with Gasteiger partial charge < -0.3 is 33.7 Å². The van der Waals surface area contributed by atoms with E-state index in [4.69, 9.17) is 24.1 Å². The van der Waals surface area contributed by atoms with E-state index in [-0.39, 0.29) is 58.1 Å². The molecule has 1 amide bonds. The molecule has 2 N–H and O–H groups in total. The van der Waals surface area contributed by atoms with Crippen LogP contribution in [0.4, 0.5) is 0 Å². The van der Waals surface area contributed by atoms with Crippen LogP contribution in [0.5, 0.6) is 11.5 Å². The molecule has 56 heavy (non-hydrogen) atoms. The summed E-state index contributed by atoms with van der Waals surface area (Å²) in [5.41, 5.74) is 8.40. The molecule has 1 aliphatic rings. The Morgan fingerprint density at radius 2 is 1.23 bits per heavy atom. The Bertz CT molecular complexity index is 1640. The Morgan fingerprint density at radius 3 is 1.61 bits per heavy atom. The van der Waals surface area contributed by atoms with Crippen molar-refractivity contribution in [2.75, 3.05) is 21.3 Å². The topological polar surface area (TPSA) is 144 Å². The number of alkyl halides is 1. The van der Waals surface area contributed by atoms with Gasteiger partial charge in [0.05, 0.1) is 26.9 Å². The second-order valence-corrected chi connectivity index (χ2v) is 27.4. The molecule has 3 rings (SSSR count). The monoisotopic (exact) mass is 902 g/mol. The van der Waals surface area contributed by atoms with Crippen molar-refractivity contribution in [2.24, 2.45) is 17.6 Å². The molecule has 11 nitrogen and oxygen atoms in total. The summed E-state index contributed by atoms with van der Waals surface area (Å²) in [6.45, 7) is 29.9. The zero-order valence-electron chi connectivity index (χ0n) is 36.7. The van der Waals surface area contributed by atoms with Gasteiger partial charge in [-0.25, -0.2) is 9.59 Å². The second-order valence-electron chi connectivity index (χ2n) is 17.4. The Hall–Kier alpha value is -2.92. The standard InChI is InChI=1S/C20H31NO4Si.C15H23BrO3Si.C6H13NO2.ClH/c1-13(2)17(19(23)24-6)21-12-14-9-10-15(11-16(14)18(21)22)25-26(7,8)20(3,4)5;1-15(2,3)20(5,6)19-12-8-7-11(10-16)13(9-12)14(17)18-4;1-4(2)5(7)6(8)9-3;/h9-11,13,17H,12H2,1-8H3;7-9H,10H2,1-6H3;4-5H,7H2,1-3H3;1H/t17-;;5-;/m0.0./s1. The average molecular weight is 905 g/mol. The summed E-state index contributed by atoms with van der Waals surface area (Å²) in [5, 5.41) is 0.806. The number of nitrogens with zero attached hydrogens (tertiary/aromatic N) is 1. The molecule has 1 aliphatic heterocycles. The maximum absolute atomic E-state index is 13.0. The third-order valence-corrected chi connectivity index (χ3v) is 19.8. The van der Waals surface area contributed by atoms with Gasteiger partial charge in [-0.2, -0.15) is 0 Å². The summed E-state index contributed by atoms with van der Waals surface area (Å²) in [6, 6.07) is 10.2. The van der Waals surface area contributed by atoms with E-state index in [9.17, 15) is 19.2 Å². The lowest BCUT2D eigenvalue weighted by Gasteiger charge is -2.36. The Balaban J connectivity index is 0.000000894. The van der Waals surface area contributed by atoms with Crippen LogP contribution in [0.15, 0.2) is 36.4 Å². The quantitative estimate of drug-likeness (QED) is 0.100. The van der Waals surface area contributed by atoms with Gasteiger partial charge in [0.2, 0.25) is 16.6 Å². The van der Waals surface area contributed by atoms with Crippen LogP contribution in [0.3, 0.4) is 0 Å².